The fraction of sp³-hybridized carbons (Fsp3) is 0.182. The van der Waals surface area contributed by atoms with Gasteiger partial charge in [0.15, 0.2) is 5.17 Å². The van der Waals surface area contributed by atoms with Gasteiger partial charge >= 0.3 is 6.36 Å². The second-order valence-corrected chi connectivity index (χ2v) is 5.06. The van der Waals surface area contributed by atoms with Gasteiger partial charge in [0.05, 0.1) is 22.6 Å². The molecule has 1 aromatic rings. The lowest BCUT2D eigenvalue weighted by Crippen LogP contribution is -2.19. The molecule has 0 radical (unpaired) electrons. The van der Waals surface area contributed by atoms with E-state index in [4.69, 9.17) is 11.6 Å². The first-order valence-electron chi connectivity index (χ1n) is 5.43. The van der Waals surface area contributed by atoms with Crippen LogP contribution in [0.15, 0.2) is 28.4 Å². The number of alkyl halides is 3. The largest absolute Gasteiger partial charge is 0.573 e. The second kappa shape index (κ2) is 6.35. The summed E-state index contributed by atoms with van der Waals surface area (Å²) >= 11 is 6.95. The quantitative estimate of drug-likeness (QED) is 0.681. The molecule has 1 N–H and O–H groups in total. The average molecular weight is 338 g/mol. The van der Waals surface area contributed by atoms with Gasteiger partial charge in [0.2, 0.25) is 5.91 Å². The van der Waals surface area contributed by atoms with Crippen molar-refractivity contribution in [1.82, 2.24) is 5.32 Å². The number of hydrogen-bond acceptors (Lipinski definition) is 5. The van der Waals surface area contributed by atoms with Gasteiger partial charge in [-0.25, -0.2) is 0 Å². The summed E-state index contributed by atoms with van der Waals surface area (Å²) in [5, 5.41) is 9.99. The van der Waals surface area contributed by atoms with Crippen molar-refractivity contribution in [3.63, 3.8) is 0 Å². The predicted octanol–water partition coefficient (Wildman–Crippen LogP) is 2.79. The highest BCUT2D eigenvalue weighted by molar-refractivity contribution is 8.15. The van der Waals surface area contributed by atoms with E-state index < -0.39 is 12.1 Å². The molecular formula is C11H7ClF3N3O2S. The number of nitrogens with one attached hydrogen (secondary N) is 1. The smallest absolute Gasteiger partial charge is 0.405 e. The minimum Gasteiger partial charge on any atom is -0.405 e. The van der Waals surface area contributed by atoms with Crippen molar-refractivity contribution in [1.29, 1.82) is 0 Å². The summed E-state index contributed by atoms with van der Waals surface area (Å²) in [5.41, 5.74) is -0.0600. The van der Waals surface area contributed by atoms with Gasteiger partial charge in [0.1, 0.15) is 5.75 Å². The number of nitrogens with zero attached hydrogens (tertiary/aromatic N) is 2. The normalized spacial score (nSPS) is 17.5. The molecule has 112 valence electrons. The summed E-state index contributed by atoms with van der Waals surface area (Å²) in [4.78, 5) is 10.9. The molecule has 1 aliphatic heterocycles. The summed E-state index contributed by atoms with van der Waals surface area (Å²) in [6.45, 7) is 0. The average Bonchev–Trinajstić information content (AvgIpc) is 2.77. The zero-order valence-corrected chi connectivity index (χ0v) is 11.7. The van der Waals surface area contributed by atoms with Gasteiger partial charge in [-0.3, -0.25) is 4.79 Å². The maximum Gasteiger partial charge on any atom is 0.573 e. The Morgan fingerprint density at radius 3 is 2.81 bits per heavy atom. The molecule has 1 aliphatic rings. The van der Waals surface area contributed by atoms with E-state index in [1.54, 1.807) is 0 Å². The zero-order chi connectivity index (χ0) is 15.5. The molecule has 2 rings (SSSR count). The SMILES string of the molecule is O=C1CSC(=NN=Cc2c(Cl)cccc2OC(F)(F)F)N1. The van der Waals surface area contributed by atoms with E-state index in [1.165, 1.54) is 12.1 Å². The highest BCUT2D eigenvalue weighted by Gasteiger charge is 2.32. The van der Waals surface area contributed by atoms with Crippen LogP contribution in [0.25, 0.3) is 0 Å². The van der Waals surface area contributed by atoms with Gasteiger partial charge < -0.3 is 10.1 Å². The van der Waals surface area contributed by atoms with Crippen molar-refractivity contribution < 1.29 is 22.7 Å². The molecule has 0 aromatic heterocycles. The Morgan fingerprint density at radius 1 is 1.43 bits per heavy atom. The fourth-order valence-corrected chi connectivity index (χ4v) is 2.22. The zero-order valence-electron chi connectivity index (χ0n) is 10.1. The topological polar surface area (TPSA) is 63.0 Å². The first-order chi connectivity index (χ1) is 9.85. The van der Waals surface area contributed by atoms with Crippen molar-refractivity contribution in [3.8, 4) is 5.75 Å². The van der Waals surface area contributed by atoms with Crippen LogP contribution in [-0.4, -0.2) is 29.4 Å². The molecule has 0 atom stereocenters. The van der Waals surface area contributed by atoms with Crippen LogP contribution >= 0.6 is 23.4 Å². The monoisotopic (exact) mass is 337 g/mol. The number of amides is 1. The van der Waals surface area contributed by atoms with Crippen LogP contribution in [0.2, 0.25) is 5.02 Å². The van der Waals surface area contributed by atoms with E-state index in [-0.39, 0.29) is 27.4 Å². The number of thioether (sulfide) groups is 1. The molecule has 1 saturated heterocycles. The Labute approximate surface area is 126 Å². The minimum absolute atomic E-state index is 0.0313. The number of halogens is 4. The standard InChI is InChI=1S/C11H7ClF3N3O2S/c12-7-2-1-3-8(20-11(13,14)15)6(7)4-16-18-10-17-9(19)5-21-10/h1-4H,5H2,(H,17,18,19). The van der Waals surface area contributed by atoms with E-state index in [0.29, 0.717) is 0 Å². The van der Waals surface area contributed by atoms with Gasteiger partial charge in [-0.1, -0.05) is 29.4 Å². The first-order valence-corrected chi connectivity index (χ1v) is 6.79. The molecule has 21 heavy (non-hydrogen) atoms. The molecule has 0 saturated carbocycles. The van der Waals surface area contributed by atoms with Crippen LogP contribution in [0.1, 0.15) is 5.56 Å². The third kappa shape index (κ3) is 4.64. The predicted molar refractivity (Wildman–Crippen MR) is 73.8 cm³/mol. The Kier molecular flexibility index (Phi) is 4.73. The Bertz CT molecular complexity index is 619. The molecule has 1 fully saturated rings. The molecule has 0 aliphatic carbocycles. The Hall–Kier alpha value is -1.74. The van der Waals surface area contributed by atoms with Crippen molar-refractivity contribution in [2.45, 2.75) is 6.36 Å². The van der Waals surface area contributed by atoms with Crippen molar-refractivity contribution >= 4 is 40.7 Å². The Balaban J connectivity index is 2.20. The molecule has 1 aromatic carbocycles. The number of carbonyl (C=O) groups is 1. The van der Waals surface area contributed by atoms with Crippen LogP contribution in [-0.2, 0) is 4.79 Å². The van der Waals surface area contributed by atoms with E-state index in [2.05, 4.69) is 20.3 Å². The van der Waals surface area contributed by atoms with Gasteiger partial charge in [0, 0.05) is 0 Å². The number of amidine groups is 1. The summed E-state index contributed by atoms with van der Waals surface area (Å²) < 4.78 is 40.7. The molecule has 1 heterocycles. The first kappa shape index (κ1) is 15.6. The van der Waals surface area contributed by atoms with Gasteiger partial charge in [-0.2, -0.15) is 5.10 Å². The van der Waals surface area contributed by atoms with Crippen LogP contribution in [0.4, 0.5) is 13.2 Å². The molecule has 0 spiro atoms. The summed E-state index contributed by atoms with van der Waals surface area (Å²) in [6, 6.07) is 3.82. The van der Waals surface area contributed by atoms with E-state index in [0.717, 1.165) is 24.0 Å². The number of rotatable bonds is 3. The number of benzene rings is 1. The van der Waals surface area contributed by atoms with Crippen molar-refractivity contribution in [2.75, 3.05) is 5.75 Å². The fourth-order valence-electron chi connectivity index (χ4n) is 1.37. The van der Waals surface area contributed by atoms with E-state index >= 15 is 0 Å². The minimum atomic E-state index is -4.84. The van der Waals surface area contributed by atoms with Crippen LogP contribution in [0.3, 0.4) is 0 Å². The third-order valence-corrected chi connectivity index (χ3v) is 3.35. The van der Waals surface area contributed by atoms with Crippen LogP contribution in [0, 0.1) is 0 Å². The van der Waals surface area contributed by atoms with Crippen LogP contribution < -0.4 is 10.1 Å². The maximum atomic E-state index is 12.3. The maximum absolute atomic E-state index is 12.3. The number of hydrogen-bond donors (Lipinski definition) is 1. The third-order valence-electron chi connectivity index (χ3n) is 2.16. The lowest BCUT2D eigenvalue weighted by atomic mass is 10.2. The van der Waals surface area contributed by atoms with Crippen molar-refractivity contribution in [2.24, 2.45) is 10.2 Å². The summed E-state index contributed by atoms with van der Waals surface area (Å²) in [6.07, 6.45) is -3.81. The summed E-state index contributed by atoms with van der Waals surface area (Å²) in [7, 11) is 0. The Morgan fingerprint density at radius 2 is 2.19 bits per heavy atom. The van der Waals surface area contributed by atoms with Gasteiger partial charge in [-0.15, -0.1) is 18.3 Å². The molecular weight excluding hydrogens is 331 g/mol. The van der Waals surface area contributed by atoms with E-state index in [1.807, 2.05) is 0 Å². The molecule has 1 amide bonds. The summed E-state index contributed by atoms with van der Waals surface area (Å²) in [5.74, 6) is -0.474. The van der Waals surface area contributed by atoms with Gasteiger partial charge in [0.25, 0.3) is 0 Å². The molecule has 10 heteroatoms. The molecule has 0 unspecified atom stereocenters. The van der Waals surface area contributed by atoms with E-state index in [9.17, 15) is 18.0 Å². The highest BCUT2D eigenvalue weighted by atomic mass is 35.5. The van der Waals surface area contributed by atoms with Crippen LogP contribution in [0.5, 0.6) is 5.75 Å². The molecule has 5 nitrogen and oxygen atoms in total. The van der Waals surface area contributed by atoms with Gasteiger partial charge in [-0.05, 0) is 12.1 Å². The lowest BCUT2D eigenvalue weighted by molar-refractivity contribution is -0.274. The van der Waals surface area contributed by atoms with Crippen molar-refractivity contribution in [3.05, 3.63) is 28.8 Å². The second-order valence-electron chi connectivity index (χ2n) is 3.69. The molecule has 0 bridgehead atoms. The highest BCUT2D eigenvalue weighted by Crippen LogP contribution is 2.29. The number of carbonyl (C=O) groups excluding carboxylic acids is 1. The lowest BCUT2D eigenvalue weighted by Gasteiger charge is -2.11. The number of ether oxygens (including phenoxy) is 1.